The molecule has 2 aliphatic carbocycles. The van der Waals surface area contributed by atoms with Crippen molar-refractivity contribution in [2.75, 3.05) is 0 Å². The fraction of sp³-hybridized carbons (Fsp3) is 0.647. The van der Waals surface area contributed by atoms with E-state index in [0.29, 0.717) is 18.8 Å². The fourth-order valence-corrected chi connectivity index (χ4v) is 3.66. The lowest BCUT2D eigenvalue weighted by atomic mass is 9.73. The molecule has 0 aromatic heterocycles. The van der Waals surface area contributed by atoms with Gasteiger partial charge in [0.2, 0.25) is 0 Å². The molecule has 108 valence electrons. The second-order valence-electron chi connectivity index (χ2n) is 6.51. The van der Waals surface area contributed by atoms with Gasteiger partial charge in [0.05, 0.1) is 0 Å². The van der Waals surface area contributed by atoms with E-state index in [0.717, 1.165) is 54.8 Å². The van der Waals surface area contributed by atoms with Gasteiger partial charge < -0.3 is 4.74 Å². The third kappa shape index (κ3) is 2.23. The number of carbonyl (C=O) groups excluding carboxylic acids is 2. The monoisotopic (exact) mass is 274 g/mol. The Morgan fingerprint density at radius 1 is 0.950 bits per heavy atom. The number of carbonyl (C=O) groups is 2. The van der Waals surface area contributed by atoms with Crippen molar-refractivity contribution in [1.29, 1.82) is 0 Å². The van der Waals surface area contributed by atoms with Crippen molar-refractivity contribution in [3.8, 4) is 0 Å². The van der Waals surface area contributed by atoms with Gasteiger partial charge in [0.25, 0.3) is 0 Å². The molecule has 1 aliphatic heterocycles. The van der Waals surface area contributed by atoms with Crippen LogP contribution in [0.4, 0.5) is 0 Å². The minimum Gasteiger partial charge on any atom is -0.465 e. The van der Waals surface area contributed by atoms with Crippen molar-refractivity contribution in [3.63, 3.8) is 0 Å². The van der Waals surface area contributed by atoms with Crippen molar-refractivity contribution >= 4 is 11.6 Å². The molecule has 0 N–H and O–H groups in total. The van der Waals surface area contributed by atoms with Gasteiger partial charge in [0.1, 0.15) is 11.5 Å². The Morgan fingerprint density at radius 2 is 1.45 bits per heavy atom. The first-order chi connectivity index (χ1) is 9.58. The van der Waals surface area contributed by atoms with E-state index in [2.05, 4.69) is 13.8 Å². The van der Waals surface area contributed by atoms with E-state index < -0.39 is 0 Å². The van der Waals surface area contributed by atoms with Crippen LogP contribution >= 0.6 is 0 Å². The zero-order valence-corrected chi connectivity index (χ0v) is 12.3. The van der Waals surface area contributed by atoms with Crippen LogP contribution in [-0.2, 0) is 14.3 Å². The second-order valence-corrected chi connectivity index (χ2v) is 6.51. The highest BCUT2D eigenvalue weighted by Crippen LogP contribution is 2.45. The van der Waals surface area contributed by atoms with Crippen LogP contribution in [0.1, 0.15) is 58.8 Å². The van der Waals surface area contributed by atoms with Gasteiger partial charge in [0, 0.05) is 42.7 Å². The molecule has 0 amide bonds. The van der Waals surface area contributed by atoms with E-state index in [9.17, 15) is 9.59 Å². The van der Waals surface area contributed by atoms with Crippen molar-refractivity contribution in [2.45, 2.75) is 58.8 Å². The van der Waals surface area contributed by atoms with Crippen LogP contribution in [-0.4, -0.2) is 11.6 Å². The Kier molecular flexibility index (Phi) is 3.53. The molecule has 0 unspecified atom stereocenters. The van der Waals surface area contributed by atoms with Crippen molar-refractivity contribution < 1.29 is 14.3 Å². The zero-order chi connectivity index (χ0) is 14.3. The zero-order valence-electron chi connectivity index (χ0n) is 12.3. The number of ether oxygens (including phenoxy) is 1. The maximum atomic E-state index is 12.3. The summed E-state index contributed by atoms with van der Waals surface area (Å²) in [4.78, 5) is 24.7. The first kappa shape index (κ1) is 13.6. The van der Waals surface area contributed by atoms with Crippen LogP contribution in [0.5, 0.6) is 0 Å². The molecule has 0 fully saturated rings. The first-order valence-corrected chi connectivity index (χ1v) is 7.78. The summed E-state index contributed by atoms with van der Waals surface area (Å²) < 4.78 is 5.96. The molecule has 0 spiro atoms. The van der Waals surface area contributed by atoms with Gasteiger partial charge in [-0.3, -0.25) is 9.59 Å². The summed E-state index contributed by atoms with van der Waals surface area (Å²) in [5.74, 6) is 2.57. The smallest absolute Gasteiger partial charge is 0.162 e. The van der Waals surface area contributed by atoms with E-state index in [1.165, 1.54) is 0 Å². The maximum absolute atomic E-state index is 12.3. The minimum atomic E-state index is -0.00523. The molecule has 3 aliphatic rings. The normalized spacial score (nSPS) is 23.9. The van der Waals surface area contributed by atoms with E-state index >= 15 is 0 Å². The van der Waals surface area contributed by atoms with Gasteiger partial charge in [-0.05, 0) is 25.2 Å². The second kappa shape index (κ2) is 5.19. The van der Waals surface area contributed by atoms with E-state index in [4.69, 9.17) is 4.74 Å². The molecule has 0 bridgehead atoms. The summed E-state index contributed by atoms with van der Waals surface area (Å²) in [5, 5.41) is 0. The summed E-state index contributed by atoms with van der Waals surface area (Å²) in [7, 11) is 0. The molecular weight excluding hydrogens is 252 g/mol. The molecule has 3 nitrogen and oxygen atoms in total. The molecule has 1 heterocycles. The highest BCUT2D eigenvalue weighted by molar-refractivity contribution is 6.04. The van der Waals surface area contributed by atoms with Gasteiger partial charge in [-0.25, -0.2) is 0 Å². The minimum absolute atomic E-state index is 0.00523. The highest BCUT2D eigenvalue weighted by atomic mass is 16.5. The van der Waals surface area contributed by atoms with Crippen molar-refractivity contribution in [2.24, 2.45) is 11.8 Å². The fourth-order valence-electron chi connectivity index (χ4n) is 3.66. The van der Waals surface area contributed by atoms with Gasteiger partial charge >= 0.3 is 0 Å². The van der Waals surface area contributed by atoms with Gasteiger partial charge in [-0.1, -0.05) is 13.8 Å². The predicted molar refractivity (Wildman–Crippen MR) is 75.8 cm³/mol. The molecule has 0 saturated heterocycles. The van der Waals surface area contributed by atoms with Crippen LogP contribution in [0.3, 0.4) is 0 Å². The SMILES string of the molecule is CC(C)CC1C2=C(CCCC2=O)OC2=C1C(=O)CCC2. The Hall–Kier alpha value is -1.38. The lowest BCUT2D eigenvalue weighted by Crippen LogP contribution is -2.32. The van der Waals surface area contributed by atoms with Gasteiger partial charge in [-0.15, -0.1) is 0 Å². The van der Waals surface area contributed by atoms with Crippen LogP contribution in [0.25, 0.3) is 0 Å². The molecule has 0 aromatic carbocycles. The number of hydrogen-bond acceptors (Lipinski definition) is 3. The largest absolute Gasteiger partial charge is 0.465 e. The number of rotatable bonds is 2. The standard InChI is InChI=1S/C17H22O3/c1-10(2)9-11-16-12(18)5-3-7-14(16)20-15-8-4-6-13(19)17(11)15/h10-11H,3-9H2,1-2H3. The quantitative estimate of drug-likeness (QED) is 0.771. The predicted octanol–water partition coefficient (Wildman–Crippen LogP) is 3.69. The van der Waals surface area contributed by atoms with Gasteiger partial charge in [-0.2, -0.15) is 0 Å². The molecule has 0 atom stereocenters. The third-order valence-electron chi connectivity index (χ3n) is 4.47. The average molecular weight is 274 g/mol. The summed E-state index contributed by atoms with van der Waals surface area (Å²) in [5.41, 5.74) is 1.64. The Bertz CT molecular complexity index is 480. The first-order valence-electron chi connectivity index (χ1n) is 7.78. The average Bonchev–Trinajstić information content (AvgIpc) is 2.37. The molecule has 3 heteroatoms. The van der Waals surface area contributed by atoms with Crippen LogP contribution < -0.4 is 0 Å². The Balaban J connectivity index is 2.05. The van der Waals surface area contributed by atoms with Crippen molar-refractivity contribution in [1.82, 2.24) is 0 Å². The number of hydrogen-bond donors (Lipinski definition) is 0. The summed E-state index contributed by atoms with van der Waals surface area (Å²) in [6.45, 7) is 4.30. The number of ketones is 2. The highest BCUT2D eigenvalue weighted by Gasteiger charge is 2.40. The van der Waals surface area contributed by atoms with Crippen LogP contribution in [0.2, 0.25) is 0 Å². The summed E-state index contributed by atoms with van der Waals surface area (Å²) >= 11 is 0. The number of allylic oxidation sites excluding steroid dienone is 4. The van der Waals surface area contributed by atoms with Gasteiger partial charge in [0.15, 0.2) is 11.6 Å². The molecule has 0 radical (unpaired) electrons. The molecular formula is C17H22O3. The topological polar surface area (TPSA) is 43.4 Å². The van der Waals surface area contributed by atoms with E-state index in [-0.39, 0.29) is 17.5 Å². The summed E-state index contributed by atoms with van der Waals surface area (Å²) in [6.07, 6.45) is 5.53. The molecule has 0 aromatic rings. The Labute approximate surface area is 120 Å². The maximum Gasteiger partial charge on any atom is 0.162 e. The van der Waals surface area contributed by atoms with Crippen LogP contribution in [0.15, 0.2) is 22.7 Å². The van der Waals surface area contributed by atoms with E-state index in [1.807, 2.05) is 0 Å². The molecule has 0 saturated carbocycles. The van der Waals surface area contributed by atoms with E-state index in [1.54, 1.807) is 0 Å². The molecule has 3 rings (SSSR count). The lowest BCUT2D eigenvalue weighted by molar-refractivity contribution is -0.118. The Morgan fingerprint density at radius 3 is 1.90 bits per heavy atom. The summed E-state index contributed by atoms with van der Waals surface area (Å²) in [6, 6.07) is 0. The van der Waals surface area contributed by atoms with Crippen LogP contribution in [0, 0.1) is 11.8 Å². The third-order valence-corrected chi connectivity index (χ3v) is 4.47. The molecule has 20 heavy (non-hydrogen) atoms. The van der Waals surface area contributed by atoms with Crippen molar-refractivity contribution in [3.05, 3.63) is 22.7 Å². The number of Topliss-reactive ketones (excluding diaryl/α,β-unsaturated/α-hetero) is 2. The lowest BCUT2D eigenvalue weighted by Gasteiger charge is -2.36.